The molecule has 0 saturated carbocycles. The minimum absolute atomic E-state index is 0.0381. The van der Waals surface area contributed by atoms with Crippen molar-refractivity contribution in [2.45, 2.75) is 6.92 Å². The molecule has 3 heteroatoms. The number of Topliss-reactive ketones (excluding diaryl/α,β-unsaturated/α-hetero) is 1. The van der Waals surface area contributed by atoms with E-state index in [0.717, 1.165) is 79.3 Å². The summed E-state index contributed by atoms with van der Waals surface area (Å²) in [4.78, 5) is 34.8. The molecule has 0 bridgehead atoms. The summed E-state index contributed by atoms with van der Waals surface area (Å²) in [6.45, 7) is 1.58. The van der Waals surface area contributed by atoms with Crippen LogP contribution >= 0.6 is 0 Å². The molecule has 0 radical (unpaired) electrons. The van der Waals surface area contributed by atoms with Gasteiger partial charge in [-0.3, -0.25) is 14.4 Å². The molecule has 0 atom stereocenters. The molecule has 0 N–H and O–H groups in total. The first-order valence-corrected chi connectivity index (χ1v) is 16.2. The van der Waals surface area contributed by atoms with Crippen molar-refractivity contribution < 1.29 is 14.4 Å². The first-order chi connectivity index (χ1) is 24.0. The topological polar surface area (TPSA) is 51.2 Å². The molecule has 0 heterocycles. The molecule has 7 rings (SSSR count). The highest BCUT2D eigenvalue weighted by atomic mass is 16.1. The lowest BCUT2D eigenvalue weighted by molar-refractivity contribution is 0.101. The Bertz CT molecular complexity index is 2200. The van der Waals surface area contributed by atoms with Gasteiger partial charge in [0.1, 0.15) is 12.6 Å². The Morgan fingerprint density at radius 3 is 0.898 bits per heavy atom. The fraction of sp³-hybridized carbons (Fsp3) is 0.0217. The van der Waals surface area contributed by atoms with Crippen LogP contribution in [0.2, 0.25) is 0 Å². The van der Waals surface area contributed by atoms with Crippen molar-refractivity contribution in [3.63, 3.8) is 0 Å². The van der Waals surface area contributed by atoms with Crippen molar-refractivity contribution in [2.75, 3.05) is 0 Å². The molecule has 0 aliphatic heterocycles. The van der Waals surface area contributed by atoms with Gasteiger partial charge in [0.05, 0.1) is 0 Å². The van der Waals surface area contributed by atoms with E-state index in [0.29, 0.717) is 16.7 Å². The fourth-order valence-corrected chi connectivity index (χ4v) is 6.42. The van der Waals surface area contributed by atoms with E-state index in [-0.39, 0.29) is 5.78 Å². The Kier molecular flexibility index (Phi) is 8.73. The highest BCUT2D eigenvalue weighted by Gasteiger charge is 2.16. The van der Waals surface area contributed by atoms with E-state index >= 15 is 0 Å². The summed E-state index contributed by atoms with van der Waals surface area (Å²) >= 11 is 0. The van der Waals surface area contributed by atoms with Crippen LogP contribution in [0.1, 0.15) is 38.0 Å². The molecule has 0 spiro atoms. The number of aldehydes is 2. The van der Waals surface area contributed by atoms with Crippen molar-refractivity contribution in [3.8, 4) is 66.8 Å². The van der Waals surface area contributed by atoms with Crippen LogP contribution in [0, 0.1) is 0 Å². The SMILES string of the molecule is CC(=O)c1ccc(-c2ccccc2-c2cc(-c3ccccc3-c3ccc(C=O)cc3)cc(-c3ccccc3-c3ccc(C=O)cc3)c2)cc1. The number of carbonyl (C=O) groups excluding carboxylic acids is 3. The summed E-state index contributed by atoms with van der Waals surface area (Å²) in [7, 11) is 0. The number of ketones is 1. The quantitative estimate of drug-likeness (QED) is 0.118. The molecular weight excluding hydrogens is 601 g/mol. The predicted molar refractivity (Wildman–Crippen MR) is 200 cm³/mol. The first-order valence-electron chi connectivity index (χ1n) is 16.2. The molecule has 0 unspecified atom stereocenters. The summed E-state index contributed by atoms with van der Waals surface area (Å²) in [6.07, 6.45) is 1.72. The second kappa shape index (κ2) is 13.7. The van der Waals surface area contributed by atoms with Crippen LogP contribution in [0.3, 0.4) is 0 Å². The zero-order valence-electron chi connectivity index (χ0n) is 27.0. The van der Waals surface area contributed by atoms with Crippen molar-refractivity contribution in [1.82, 2.24) is 0 Å². The minimum Gasteiger partial charge on any atom is -0.298 e. The van der Waals surface area contributed by atoms with Crippen molar-refractivity contribution in [2.24, 2.45) is 0 Å². The maximum Gasteiger partial charge on any atom is 0.159 e. The van der Waals surface area contributed by atoms with Gasteiger partial charge in [0.25, 0.3) is 0 Å². The van der Waals surface area contributed by atoms with Gasteiger partial charge in [0, 0.05) is 16.7 Å². The fourth-order valence-electron chi connectivity index (χ4n) is 6.42. The highest BCUT2D eigenvalue weighted by molar-refractivity contribution is 5.96. The molecule has 7 aromatic rings. The number of carbonyl (C=O) groups is 3. The monoisotopic (exact) mass is 632 g/mol. The van der Waals surface area contributed by atoms with Crippen LogP contribution in [0.15, 0.2) is 164 Å². The highest BCUT2D eigenvalue weighted by Crippen LogP contribution is 2.42. The summed E-state index contributed by atoms with van der Waals surface area (Å²) in [5.41, 5.74) is 14.6. The summed E-state index contributed by atoms with van der Waals surface area (Å²) in [5, 5.41) is 0. The molecule has 0 aliphatic rings. The van der Waals surface area contributed by atoms with Gasteiger partial charge in [0.2, 0.25) is 0 Å². The number of hydrogen-bond donors (Lipinski definition) is 0. The Morgan fingerprint density at radius 2 is 0.633 bits per heavy atom. The van der Waals surface area contributed by atoms with Gasteiger partial charge >= 0.3 is 0 Å². The molecule has 0 saturated heterocycles. The second-order valence-electron chi connectivity index (χ2n) is 12.0. The zero-order chi connectivity index (χ0) is 33.7. The summed E-state index contributed by atoms with van der Waals surface area (Å²) in [5.74, 6) is 0.0381. The molecule has 0 aromatic heterocycles. The smallest absolute Gasteiger partial charge is 0.159 e. The second-order valence-corrected chi connectivity index (χ2v) is 12.0. The molecule has 0 amide bonds. The third kappa shape index (κ3) is 6.43. The van der Waals surface area contributed by atoms with Gasteiger partial charge in [-0.1, -0.05) is 146 Å². The third-order valence-electron chi connectivity index (χ3n) is 8.97. The Hall–Kier alpha value is -6.45. The van der Waals surface area contributed by atoms with Crippen molar-refractivity contribution >= 4 is 18.4 Å². The average molecular weight is 633 g/mol. The molecule has 49 heavy (non-hydrogen) atoms. The van der Waals surface area contributed by atoms with Gasteiger partial charge in [-0.15, -0.1) is 0 Å². The number of hydrogen-bond acceptors (Lipinski definition) is 3. The standard InChI is InChI=1S/C46H32O3/c1-31(49)34-22-24-37(25-23-34)43-10-4-7-13-46(43)40-27-38(44-11-5-2-8-41(44)35-18-14-32(29-47)15-19-35)26-39(28-40)45-12-6-3-9-42(45)36-20-16-33(30-48)17-21-36/h2-30H,1H3. The van der Waals surface area contributed by atoms with Gasteiger partial charge in [-0.05, 0) is 91.9 Å². The summed E-state index contributed by atoms with van der Waals surface area (Å²) in [6, 6.07) is 54.9. The van der Waals surface area contributed by atoms with E-state index in [4.69, 9.17) is 0 Å². The van der Waals surface area contributed by atoms with Crippen molar-refractivity contribution in [1.29, 1.82) is 0 Å². The summed E-state index contributed by atoms with van der Waals surface area (Å²) < 4.78 is 0. The molecule has 0 aliphatic carbocycles. The normalized spacial score (nSPS) is 10.8. The van der Waals surface area contributed by atoms with Gasteiger partial charge in [0.15, 0.2) is 5.78 Å². The maximum atomic E-state index is 12.0. The van der Waals surface area contributed by atoms with Crippen LogP contribution in [0.4, 0.5) is 0 Å². The Morgan fingerprint density at radius 1 is 0.367 bits per heavy atom. The van der Waals surface area contributed by atoms with Crippen LogP contribution < -0.4 is 0 Å². The van der Waals surface area contributed by atoms with Crippen LogP contribution in [-0.2, 0) is 0 Å². The van der Waals surface area contributed by atoms with E-state index < -0.39 is 0 Å². The molecular formula is C46H32O3. The lowest BCUT2D eigenvalue weighted by Crippen LogP contribution is -1.93. The van der Waals surface area contributed by atoms with E-state index in [1.807, 2.05) is 91.0 Å². The molecule has 3 nitrogen and oxygen atoms in total. The first kappa shape index (κ1) is 31.2. The number of rotatable bonds is 9. The lowest BCUT2D eigenvalue weighted by atomic mass is 9.86. The Balaban J connectivity index is 1.46. The van der Waals surface area contributed by atoms with E-state index in [9.17, 15) is 14.4 Å². The predicted octanol–water partition coefficient (Wildman–Crippen LogP) is 11.5. The molecule has 7 aromatic carbocycles. The van der Waals surface area contributed by atoms with Crippen molar-refractivity contribution in [3.05, 3.63) is 180 Å². The molecule has 0 fully saturated rings. The number of benzene rings is 7. The largest absolute Gasteiger partial charge is 0.298 e. The van der Waals surface area contributed by atoms with E-state index in [2.05, 4.69) is 72.8 Å². The van der Waals surface area contributed by atoms with Crippen LogP contribution in [0.25, 0.3) is 66.8 Å². The lowest BCUT2D eigenvalue weighted by Gasteiger charge is -2.18. The zero-order valence-corrected chi connectivity index (χ0v) is 27.0. The Labute approximate surface area is 286 Å². The van der Waals surface area contributed by atoms with Gasteiger partial charge < -0.3 is 0 Å². The van der Waals surface area contributed by atoms with Crippen LogP contribution in [-0.4, -0.2) is 18.4 Å². The molecule has 234 valence electrons. The average Bonchev–Trinajstić information content (AvgIpc) is 3.18. The van der Waals surface area contributed by atoms with E-state index in [1.54, 1.807) is 6.92 Å². The van der Waals surface area contributed by atoms with Gasteiger partial charge in [-0.25, -0.2) is 0 Å². The van der Waals surface area contributed by atoms with Gasteiger partial charge in [-0.2, -0.15) is 0 Å². The van der Waals surface area contributed by atoms with E-state index in [1.165, 1.54) is 0 Å². The maximum absolute atomic E-state index is 12.0. The third-order valence-corrected chi connectivity index (χ3v) is 8.97. The van der Waals surface area contributed by atoms with Crippen LogP contribution in [0.5, 0.6) is 0 Å². The minimum atomic E-state index is 0.0381.